The number of para-hydroxylation sites is 1. The summed E-state index contributed by atoms with van der Waals surface area (Å²) in [4.78, 5) is 71.8. The highest BCUT2D eigenvalue weighted by Crippen LogP contribution is 2.38. The van der Waals surface area contributed by atoms with Crippen LogP contribution >= 0.6 is 0 Å². The lowest BCUT2D eigenvalue weighted by Gasteiger charge is -2.28. The normalized spacial score (nSPS) is 17.9. The first kappa shape index (κ1) is 41.6. The zero-order valence-corrected chi connectivity index (χ0v) is 29.7. The number of carbonyl (C=O) groups excluding carboxylic acids is 5. The molecule has 2 aliphatic rings. The van der Waals surface area contributed by atoms with Gasteiger partial charge in [-0.15, -0.1) is 0 Å². The van der Waals surface area contributed by atoms with Gasteiger partial charge in [0.15, 0.2) is 6.73 Å². The van der Waals surface area contributed by atoms with Crippen molar-refractivity contribution in [1.82, 2.24) is 10.6 Å². The van der Waals surface area contributed by atoms with Crippen molar-refractivity contribution in [2.24, 2.45) is 22.6 Å². The monoisotopic (exact) mass is 769 g/mol. The van der Waals surface area contributed by atoms with Gasteiger partial charge >= 0.3 is 24.4 Å². The predicted molar refractivity (Wildman–Crippen MR) is 182 cm³/mol. The summed E-state index contributed by atoms with van der Waals surface area (Å²) in [7, 11) is 0. The number of hydrogen-bond acceptors (Lipinski definition) is 8. The molecule has 0 aromatic heterocycles. The van der Waals surface area contributed by atoms with Crippen LogP contribution in [-0.4, -0.2) is 71.9 Å². The van der Waals surface area contributed by atoms with Crippen molar-refractivity contribution in [3.8, 4) is 0 Å². The van der Waals surface area contributed by atoms with E-state index in [0.29, 0.717) is 11.1 Å². The molecule has 1 saturated carbocycles. The van der Waals surface area contributed by atoms with Crippen LogP contribution in [-0.2, 0) is 28.7 Å². The zero-order valence-electron chi connectivity index (χ0n) is 29.7. The summed E-state index contributed by atoms with van der Waals surface area (Å²) in [6.45, 7) is 4.14. The molecule has 0 saturated heterocycles. The standard InChI is InChI=1S/C36H41F6N5O7/c1-33(2,3)54-32(52)46-34(18-19-34)31(51)53-20-47-25-14-8-7-12-24(25)26(21-10-5-4-6-11-21)44-28(30(47)50)45-29(49)23(13-9-16-35(37,38)39)22(27(43)48)15-17-36(40,41)42/h4-8,10-12,14,22-23,28H,9,13,15-20H2,1-3H3,(H2,43,48)(H,45,49)(H,46,52)/t22-,23+,28+/m0/s1. The molecule has 1 aliphatic carbocycles. The maximum atomic E-state index is 14.3. The number of nitrogens with zero attached hydrogens (tertiary/aromatic N) is 2. The van der Waals surface area contributed by atoms with E-state index >= 15 is 0 Å². The van der Waals surface area contributed by atoms with E-state index < -0.39 is 110 Å². The highest BCUT2D eigenvalue weighted by molar-refractivity contribution is 6.20. The quantitative estimate of drug-likeness (QED) is 0.164. The minimum atomic E-state index is -4.78. The number of nitrogens with one attached hydrogen (secondary N) is 2. The van der Waals surface area contributed by atoms with E-state index in [-0.39, 0.29) is 24.2 Å². The number of alkyl carbamates (subject to hydrolysis) is 1. The van der Waals surface area contributed by atoms with Gasteiger partial charge in [-0.3, -0.25) is 19.3 Å². The maximum absolute atomic E-state index is 14.3. The number of anilines is 1. The minimum Gasteiger partial charge on any atom is -0.444 e. The molecule has 1 aliphatic heterocycles. The number of primary amides is 1. The van der Waals surface area contributed by atoms with Crippen LogP contribution in [0.5, 0.6) is 0 Å². The van der Waals surface area contributed by atoms with Gasteiger partial charge in [-0.2, -0.15) is 26.3 Å². The Bertz CT molecular complexity index is 1740. The van der Waals surface area contributed by atoms with E-state index in [4.69, 9.17) is 15.2 Å². The lowest BCUT2D eigenvalue weighted by molar-refractivity contribution is -0.148. The highest BCUT2D eigenvalue weighted by atomic mass is 19.4. The predicted octanol–water partition coefficient (Wildman–Crippen LogP) is 5.66. The number of carbonyl (C=O) groups is 5. The zero-order chi connectivity index (χ0) is 40.1. The molecule has 0 unspecified atom stereocenters. The van der Waals surface area contributed by atoms with Gasteiger partial charge < -0.3 is 25.8 Å². The van der Waals surface area contributed by atoms with E-state index in [1.54, 1.807) is 69.3 Å². The van der Waals surface area contributed by atoms with Crippen LogP contribution in [0.25, 0.3) is 0 Å². The molecule has 294 valence electrons. The molecule has 18 heteroatoms. The number of nitrogens with two attached hydrogens (primary N) is 1. The van der Waals surface area contributed by atoms with Crippen LogP contribution in [0.4, 0.5) is 36.8 Å². The van der Waals surface area contributed by atoms with Gasteiger partial charge in [-0.1, -0.05) is 48.5 Å². The molecule has 12 nitrogen and oxygen atoms in total. The number of rotatable bonds is 14. The molecule has 54 heavy (non-hydrogen) atoms. The van der Waals surface area contributed by atoms with Gasteiger partial charge in [0.2, 0.25) is 18.0 Å². The number of benzodiazepines with no additional fused rings is 1. The average Bonchev–Trinajstić information content (AvgIpc) is 3.85. The third kappa shape index (κ3) is 11.4. The molecule has 1 fully saturated rings. The first-order valence-corrected chi connectivity index (χ1v) is 17.0. The number of ether oxygens (including phenoxy) is 2. The summed E-state index contributed by atoms with van der Waals surface area (Å²) in [5, 5.41) is 4.83. The summed E-state index contributed by atoms with van der Waals surface area (Å²) in [5.41, 5.74) is 4.21. The van der Waals surface area contributed by atoms with Crippen molar-refractivity contribution < 1.29 is 59.8 Å². The number of esters is 1. The second-order valence-electron chi connectivity index (χ2n) is 14.1. The molecular weight excluding hydrogens is 728 g/mol. The number of amides is 4. The highest BCUT2D eigenvalue weighted by Gasteiger charge is 2.54. The number of aliphatic imine (C=N–C) groups is 1. The molecule has 0 bridgehead atoms. The fourth-order valence-electron chi connectivity index (χ4n) is 5.89. The lowest BCUT2D eigenvalue weighted by Crippen LogP contribution is -2.52. The third-order valence-corrected chi connectivity index (χ3v) is 8.64. The largest absolute Gasteiger partial charge is 0.444 e. The number of benzene rings is 2. The van der Waals surface area contributed by atoms with E-state index in [9.17, 15) is 50.3 Å². The van der Waals surface area contributed by atoms with Gasteiger partial charge in [0, 0.05) is 35.8 Å². The van der Waals surface area contributed by atoms with Crippen LogP contribution in [0.3, 0.4) is 0 Å². The molecule has 4 amide bonds. The molecule has 2 aromatic rings. The molecule has 3 atom stereocenters. The van der Waals surface area contributed by atoms with Gasteiger partial charge in [0.1, 0.15) is 11.1 Å². The first-order chi connectivity index (χ1) is 25.1. The van der Waals surface area contributed by atoms with E-state index in [1.807, 2.05) is 0 Å². The Labute approximate surface area is 306 Å². The Balaban J connectivity index is 1.69. The van der Waals surface area contributed by atoms with Gasteiger partial charge in [-0.05, 0) is 58.9 Å². The van der Waals surface area contributed by atoms with Crippen LogP contribution < -0.4 is 21.3 Å². The van der Waals surface area contributed by atoms with Crippen LogP contribution in [0, 0.1) is 11.8 Å². The molecule has 4 N–H and O–H groups in total. The number of alkyl halides is 6. The van der Waals surface area contributed by atoms with E-state index in [1.165, 1.54) is 6.07 Å². The lowest BCUT2D eigenvalue weighted by atomic mass is 9.83. The molecule has 4 rings (SSSR count). The van der Waals surface area contributed by atoms with Crippen molar-refractivity contribution >= 4 is 41.2 Å². The topological polar surface area (TPSA) is 169 Å². The van der Waals surface area contributed by atoms with Crippen molar-refractivity contribution in [1.29, 1.82) is 0 Å². The molecule has 1 heterocycles. The summed E-state index contributed by atoms with van der Waals surface area (Å²) in [5.74, 6) is -8.13. The fraction of sp³-hybridized carbons (Fsp3) is 0.500. The first-order valence-electron chi connectivity index (χ1n) is 17.0. The smallest absolute Gasteiger partial charge is 0.408 e. The van der Waals surface area contributed by atoms with E-state index in [2.05, 4.69) is 15.6 Å². The number of fused-ring (bicyclic) bond motifs is 1. The Morgan fingerprint density at radius 3 is 2.09 bits per heavy atom. The van der Waals surface area contributed by atoms with Gasteiger partial charge in [0.25, 0.3) is 5.91 Å². The third-order valence-electron chi connectivity index (χ3n) is 8.64. The Hall–Kier alpha value is -5.16. The van der Waals surface area contributed by atoms with E-state index in [0.717, 1.165) is 4.90 Å². The van der Waals surface area contributed by atoms with Gasteiger partial charge in [0.05, 0.1) is 11.4 Å². The average molecular weight is 770 g/mol. The van der Waals surface area contributed by atoms with Crippen molar-refractivity contribution in [2.75, 3.05) is 11.6 Å². The summed E-state index contributed by atoms with van der Waals surface area (Å²) in [6, 6.07) is 14.6. The second-order valence-corrected chi connectivity index (χ2v) is 14.1. The summed E-state index contributed by atoms with van der Waals surface area (Å²) in [6.07, 6.45) is -17.2. The fourth-order valence-corrected chi connectivity index (χ4v) is 5.89. The van der Waals surface area contributed by atoms with Crippen molar-refractivity contribution in [3.63, 3.8) is 0 Å². The maximum Gasteiger partial charge on any atom is 0.408 e. The Kier molecular flexibility index (Phi) is 12.7. The molecule has 2 aromatic carbocycles. The SMILES string of the molecule is CC(C)(C)OC(=O)NC1(C(=O)OCN2C(=O)[C@@H](NC(=O)[C@H](CCCC(F)(F)F)[C@H](CCC(F)(F)F)C(N)=O)N=C(c3ccccc3)c3ccccc32)CC1. The second kappa shape index (κ2) is 16.5. The summed E-state index contributed by atoms with van der Waals surface area (Å²) >= 11 is 0. The molecule has 0 radical (unpaired) electrons. The van der Waals surface area contributed by atoms with Gasteiger partial charge in [-0.25, -0.2) is 14.6 Å². The number of hydrogen-bond donors (Lipinski definition) is 3. The Morgan fingerprint density at radius 2 is 1.52 bits per heavy atom. The summed E-state index contributed by atoms with van der Waals surface area (Å²) < 4.78 is 89.6. The van der Waals surface area contributed by atoms with Crippen LogP contribution in [0.2, 0.25) is 0 Å². The Morgan fingerprint density at radius 1 is 0.907 bits per heavy atom. The van der Waals surface area contributed by atoms with Crippen LogP contribution in [0.1, 0.15) is 76.8 Å². The molecule has 0 spiro atoms. The molecular formula is C36H41F6N5O7. The number of halogens is 6. The van der Waals surface area contributed by atoms with Crippen molar-refractivity contribution in [2.45, 2.75) is 95.4 Å². The van der Waals surface area contributed by atoms with Crippen LogP contribution in [0.15, 0.2) is 59.6 Å². The van der Waals surface area contributed by atoms with Crippen molar-refractivity contribution in [3.05, 3.63) is 65.7 Å². The minimum absolute atomic E-state index is 0.154.